The van der Waals surface area contributed by atoms with Gasteiger partial charge in [-0.25, -0.2) is 0 Å². The molecule has 1 saturated heterocycles. The zero-order chi connectivity index (χ0) is 14.5. The van der Waals surface area contributed by atoms with Gasteiger partial charge in [-0.15, -0.1) is 0 Å². The molecule has 3 rings (SSSR count). The Morgan fingerprint density at radius 1 is 1.38 bits per heavy atom. The van der Waals surface area contributed by atoms with Crippen LogP contribution in [0.25, 0.3) is 0 Å². The van der Waals surface area contributed by atoms with Gasteiger partial charge in [0.2, 0.25) is 5.91 Å². The third kappa shape index (κ3) is 3.49. The predicted molar refractivity (Wildman–Crippen MR) is 76.5 cm³/mol. The molecule has 0 aliphatic carbocycles. The number of rotatable bonds is 5. The lowest BCUT2D eigenvalue weighted by atomic mass is 10.0. The topological polar surface area (TPSA) is 64.4 Å². The van der Waals surface area contributed by atoms with Gasteiger partial charge in [0.1, 0.15) is 11.9 Å². The van der Waals surface area contributed by atoms with Gasteiger partial charge < -0.3 is 14.5 Å². The second-order valence-corrected chi connectivity index (χ2v) is 5.12. The first-order chi connectivity index (χ1) is 10.3. The Morgan fingerprint density at radius 3 is 3.10 bits per heavy atom. The zero-order valence-electron chi connectivity index (χ0n) is 11.7. The van der Waals surface area contributed by atoms with Gasteiger partial charge in [-0.2, -0.15) is 0 Å². The van der Waals surface area contributed by atoms with Crippen LogP contribution in [0.3, 0.4) is 0 Å². The van der Waals surface area contributed by atoms with Crippen molar-refractivity contribution in [1.29, 1.82) is 0 Å². The molecule has 0 saturated carbocycles. The Labute approximate surface area is 123 Å². The smallest absolute Gasteiger partial charge is 0.220 e. The van der Waals surface area contributed by atoms with E-state index in [1.807, 2.05) is 24.3 Å². The third-order valence-electron chi connectivity index (χ3n) is 3.63. The summed E-state index contributed by atoms with van der Waals surface area (Å²) in [5.41, 5.74) is 1.01. The van der Waals surface area contributed by atoms with E-state index in [4.69, 9.17) is 9.15 Å². The molecule has 2 aromatic rings. The van der Waals surface area contributed by atoms with Crippen molar-refractivity contribution >= 4 is 5.91 Å². The van der Waals surface area contributed by atoms with Gasteiger partial charge in [-0.1, -0.05) is 6.07 Å². The van der Waals surface area contributed by atoms with Crippen molar-refractivity contribution in [3.05, 3.63) is 54.2 Å². The zero-order valence-corrected chi connectivity index (χ0v) is 11.7. The van der Waals surface area contributed by atoms with Crippen molar-refractivity contribution in [1.82, 2.24) is 10.3 Å². The maximum absolute atomic E-state index is 12.0. The van der Waals surface area contributed by atoms with E-state index in [0.29, 0.717) is 19.4 Å². The molecule has 0 bridgehead atoms. The summed E-state index contributed by atoms with van der Waals surface area (Å²) in [6, 6.07) is 7.58. The van der Waals surface area contributed by atoms with Crippen molar-refractivity contribution in [2.45, 2.75) is 31.4 Å². The van der Waals surface area contributed by atoms with Crippen molar-refractivity contribution in [3.63, 3.8) is 0 Å². The number of nitrogens with zero attached hydrogens (tertiary/aromatic N) is 1. The van der Waals surface area contributed by atoms with E-state index in [9.17, 15) is 4.79 Å². The summed E-state index contributed by atoms with van der Waals surface area (Å²) in [5, 5.41) is 3.06. The summed E-state index contributed by atoms with van der Waals surface area (Å²) in [6.45, 7) is 0.655. The molecule has 5 nitrogen and oxygen atoms in total. The van der Waals surface area contributed by atoms with Crippen LogP contribution in [0.15, 0.2) is 47.3 Å². The molecule has 110 valence electrons. The number of ether oxygens (including phenoxy) is 1. The minimum atomic E-state index is -0.105. The molecule has 0 radical (unpaired) electrons. The number of hydrogen-bond acceptors (Lipinski definition) is 4. The highest BCUT2D eigenvalue weighted by atomic mass is 16.5. The third-order valence-corrected chi connectivity index (χ3v) is 3.63. The lowest BCUT2D eigenvalue weighted by Gasteiger charge is -2.19. The lowest BCUT2D eigenvalue weighted by molar-refractivity contribution is -0.122. The number of furan rings is 1. The van der Waals surface area contributed by atoms with Crippen LogP contribution in [0.2, 0.25) is 0 Å². The highest BCUT2D eigenvalue weighted by Crippen LogP contribution is 2.28. The fraction of sp³-hybridized carbons (Fsp3) is 0.375. The van der Waals surface area contributed by atoms with Crippen LogP contribution in [-0.4, -0.2) is 23.5 Å². The second-order valence-electron chi connectivity index (χ2n) is 5.12. The highest BCUT2D eigenvalue weighted by Gasteiger charge is 2.30. The maximum atomic E-state index is 12.0. The van der Waals surface area contributed by atoms with Crippen LogP contribution >= 0.6 is 0 Å². The van der Waals surface area contributed by atoms with Crippen LogP contribution in [0, 0.1) is 0 Å². The molecule has 0 spiro atoms. The predicted octanol–water partition coefficient (Wildman–Crippen LogP) is 2.25. The standard InChI is InChI=1S/C16H18N2O3/c19-15(6-5-13-4-2-9-20-13)18-14-7-10-21-16(14)12-3-1-8-17-11-12/h1-4,8-9,11,14,16H,5-7,10H2,(H,18,19)/t14-,16+/m0/s1. The van der Waals surface area contributed by atoms with Crippen LogP contribution in [-0.2, 0) is 16.0 Å². The van der Waals surface area contributed by atoms with E-state index in [-0.39, 0.29) is 18.1 Å². The summed E-state index contributed by atoms with van der Waals surface area (Å²) in [5.74, 6) is 0.854. The van der Waals surface area contributed by atoms with Gasteiger partial charge in [-0.05, 0) is 24.6 Å². The quantitative estimate of drug-likeness (QED) is 0.915. The normalized spacial score (nSPS) is 21.3. The minimum Gasteiger partial charge on any atom is -0.469 e. The fourth-order valence-electron chi connectivity index (χ4n) is 2.58. The van der Waals surface area contributed by atoms with Crippen molar-refractivity contribution in [2.75, 3.05) is 6.61 Å². The molecule has 2 atom stereocenters. The fourth-order valence-corrected chi connectivity index (χ4v) is 2.58. The number of nitrogens with one attached hydrogen (secondary N) is 1. The molecule has 1 fully saturated rings. The summed E-state index contributed by atoms with van der Waals surface area (Å²) in [6.07, 6.45) is 6.90. The van der Waals surface area contributed by atoms with Gasteiger partial charge in [0.25, 0.3) is 0 Å². The first kappa shape index (κ1) is 13.8. The van der Waals surface area contributed by atoms with E-state index >= 15 is 0 Å². The first-order valence-corrected chi connectivity index (χ1v) is 7.16. The Balaban J connectivity index is 1.55. The lowest BCUT2D eigenvalue weighted by Crippen LogP contribution is -2.36. The highest BCUT2D eigenvalue weighted by molar-refractivity contribution is 5.76. The molecule has 0 unspecified atom stereocenters. The van der Waals surface area contributed by atoms with Gasteiger partial charge >= 0.3 is 0 Å². The number of amides is 1. The van der Waals surface area contributed by atoms with Crippen LogP contribution in [0.1, 0.15) is 30.3 Å². The van der Waals surface area contributed by atoms with Crippen molar-refractivity contribution in [2.24, 2.45) is 0 Å². The molecule has 1 N–H and O–H groups in total. The number of aromatic nitrogens is 1. The van der Waals surface area contributed by atoms with Crippen LogP contribution in [0.4, 0.5) is 0 Å². The number of hydrogen-bond donors (Lipinski definition) is 1. The molecule has 5 heteroatoms. The molecule has 1 amide bonds. The SMILES string of the molecule is O=C(CCc1ccco1)N[C@H]1CCO[C@@H]1c1cccnc1. The maximum Gasteiger partial charge on any atom is 0.220 e. The summed E-state index contributed by atoms with van der Waals surface area (Å²) >= 11 is 0. The van der Waals surface area contributed by atoms with Crippen LogP contribution < -0.4 is 5.32 Å². The Bertz CT molecular complexity index is 568. The van der Waals surface area contributed by atoms with E-state index in [1.165, 1.54) is 0 Å². The monoisotopic (exact) mass is 286 g/mol. The summed E-state index contributed by atoms with van der Waals surface area (Å²) < 4.78 is 11.0. The molecule has 1 aliphatic heterocycles. The molecule has 3 heterocycles. The average molecular weight is 286 g/mol. The van der Waals surface area contributed by atoms with Gasteiger partial charge in [0.05, 0.1) is 12.3 Å². The van der Waals surface area contributed by atoms with Gasteiger partial charge in [0.15, 0.2) is 0 Å². The van der Waals surface area contributed by atoms with Crippen molar-refractivity contribution < 1.29 is 13.9 Å². The van der Waals surface area contributed by atoms with E-state index < -0.39 is 0 Å². The number of pyridine rings is 1. The number of carbonyl (C=O) groups excluding carboxylic acids is 1. The second kappa shape index (κ2) is 6.54. The summed E-state index contributed by atoms with van der Waals surface area (Å²) in [4.78, 5) is 16.2. The molecule has 0 aromatic carbocycles. The molecular weight excluding hydrogens is 268 g/mol. The molecular formula is C16H18N2O3. The van der Waals surface area contributed by atoms with Crippen LogP contribution in [0.5, 0.6) is 0 Å². The molecule has 2 aromatic heterocycles. The Morgan fingerprint density at radius 2 is 2.33 bits per heavy atom. The average Bonchev–Trinajstić information content (AvgIpc) is 3.17. The molecule has 1 aliphatic rings. The van der Waals surface area contributed by atoms with E-state index in [0.717, 1.165) is 17.7 Å². The summed E-state index contributed by atoms with van der Waals surface area (Å²) in [7, 11) is 0. The van der Waals surface area contributed by atoms with Gasteiger partial charge in [-0.3, -0.25) is 9.78 Å². The Kier molecular flexibility index (Phi) is 4.31. The number of carbonyl (C=O) groups is 1. The van der Waals surface area contributed by atoms with Crippen molar-refractivity contribution in [3.8, 4) is 0 Å². The van der Waals surface area contributed by atoms with E-state index in [1.54, 1.807) is 18.7 Å². The number of aryl methyl sites for hydroxylation is 1. The molecule has 21 heavy (non-hydrogen) atoms. The minimum absolute atomic E-state index is 0.0123. The van der Waals surface area contributed by atoms with E-state index in [2.05, 4.69) is 10.3 Å². The largest absolute Gasteiger partial charge is 0.469 e. The Hall–Kier alpha value is -2.14. The van der Waals surface area contributed by atoms with Gasteiger partial charge in [0, 0.05) is 37.4 Å². The first-order valence-electron chi connectivity index (χ1n) is 7.16.